The van der Waals surface area contributed by atoms with Crippen molar-refractivity contribution in [2.45, 2.75) is 91.1 Å². The Balaban J connectivity index is 2.45. The van der Waals surface area contributed by atoms with Gasteiger partial charge in [0, 0.05) is 36.6 Å². The summed E-state index contributed by atoms with van der Waals surface area (Å²) >= 11 is 0. The van der Waals surface area contributed by atoms with Gasteiger partial charge in [0.05, 0.1) is 12.1 Å². The van der Waals surface area contributed by atoms with Gasteiger partial charge in [-0.2, -0.15) is 0 Å². The number of carbonyl (C=O) groups excluding carboxylic acids is 2. The fourth-order valence-electron chi connectivity index (χ4n) is 4.61. The van der Waals surface area contributed by atoms with Crippen LogP contribution in [0.25, 0.3) is 0 Å². The Morgan fingerprint density at radius 3 is 1.18 bits per heavy atom. The lowest BCUT2D eigenvalue weighted by Gasteiger charge is -2.32. The van der Waals surface area contributed by atoms with Crippen molar-refractivity contribution >= 4 is 11.8 Å². The van der Waals surface area contributed by atoms with Gasteiger partial charge in [-0.1, -0.05) is 53.4 Å². The van der Waals surface area contributed by atoms with E-state index in [1.54, 1.807) is 24.8 Å². The first-order valence-corrected chi connectivity index (χ1v) is 13.0. The summed E-state index contributed by atoms with van der Waals surface area (Å²) < 4.78 is 0. The number of rotatable bonds is 15. The van der Waals surface area contributed by atoms with Crippen LogP contribution in [-0.4, -0.2) is 21.8 Å². The Hall–Kier alpha value is -2.76. The second-order valence-electron chi connectivity index (χ2n) is 9.08. The fourth-order valence-corrected chi connectivity index (χ4v) is 4.61. The van der Waals surface area contributed by atoms with Crippen molar-refractivity contribution in [2.24, 2.45) is 11.8 Å². The van der Waals surface area contributed by atoms with Crippen molar-refractivity contribution in [2.75, 3.05) is 0 Å². The van der Waals surface area contributed by atoms with Crippen LogP contribution in [0, 0.1) is 11.8 Å². The van der Waals surface area contributed by atoms with Gasteiger partial charge in [-0.15, -0.1) is 0 Å². The number of pyridine rings is 2. The van der Waals surface area contributed by atoms with E-state index in [2.05, 4.69) is 48.3 Å². The second-order valence-corrected chi connectivity index (χ2v) is 9.08. The zero-order valence-corrected chi connectivity index (χ0v) is 21.3. The van der Waals surface area contributed by atoms with Crippen molar-refractivity contribution in [3.05, 3.63) is 60.2 Å². The van der Waals surface area contributed by atoms with E-state index in [4.69, 9.17) is 0 Å². The number of aromatic nitrogens is 2. The summed E-state index contributed by atoms with van der Waals surface area (Å²) in [5.74, 6) is -0.00270. The van der Waals surface area contributed by atoms with Crippen molar-refractivity contribution < 1.29 is 9.59 Å². The van der Waals surface area contributed by atoms with Crippen molar-refractivity contribution in [3.8, 4) is 0 Å². The van der Waals surface area contributed by atoms with Crippen LogP contribution in [0.4, 0.5) is 0 Å². The van der Waals surface area contributed by atoms with Gasteiger partial charge < -0.3 is 10.6 Å². The third-order valence-corrected chi connectivity index (χ3v) is 6.35. The highest BCUT2D eigenvalue weighted by Gasteiger charge is 2.31. The van der Waals surface area contributed by atoms with E-state index < -0.39 is 12.1 Å². The molecule has 0 radical (unpaired) electrons. The molecule has 6 heteroatoms. The zero-order valence-electron chi connectivity index (χ0n) is 21.3. The van der Waals surface area contributed by atoms with Crippen LogP contribution in [0.5, 0.6) is 0 Å². The third-order valence-electron chi connectivity index (χ3n) is 6.35. The van der Waals surface area contributed by atoms with Crippen molar-refractivity contribution in [3.63, 3.8) is 0 Å². The molecule has 2 atom stereocenters. The van der Waals surface area contributed by atoms with Crippen molar-refractivity contribution in [1.29, 1.82) is 0 Å². The lowest BCUT2D eigenvalue weighted by Crippen LogP contribution is -2.44. The lowest BCUT2D eigenvalue weighted by molar-refractivity contribution is -0.129. The van der Waals surface area contributed by atoms with E-state index in [-0.39, 0.29) is 23.7 Å². The maximum absolute atomic E-state index is 13.4. The van der Waals surface area contributed by atoms with Crippen LogP contribution in [-0.2, 0) is 9.59 Å². The topological polar surface area (TPSA) is 84.0 Å². The highest BCUT2D eigenvalue weighted by molar-refractivity contribution is 5.81. The average Bonchev–Trinajstić information content (AvgIpc) is 2.86. The Labute approximate surface area is 205 Å². The molecular weight excluding hydrogens is 424 g/mol. The molecule has 2 aromatic rings. The highest BCUT2D eigenvalue weighted by atomic mass is 16.2. The third kappa shape index (κ3) is 8.23. The number of nitrogens with one attached hydrogen (secondary N) is 2. The fraction of sp³-hybridized carbons (Fsp3) is 0.571. The molecular formula is C28H42N4O2. The molecule has 6 nitrogen and oxygen atoms in total. The number of nitrogens with zero attached hydrogens (tertiary/aromatic N) is 2. The van der Waals surface area contributed by atoms with Crippen LogP contribution in [0.1, 0.15) is 102 Å². The molecule has 2 heterocycles. The van der Waals surface area contributed by atoms with E-state index in [1.807, 2.05) is 24.3 Å². The summed E-state index contributed by atoms with van der Waals surface area (Å²) in [7, 11) is 0. The van der Waals surface area contributed by atoms with Crippen molar-refractivity contribution in [1.82, 2.24) is 20.6 Å². The van der Waals surface area contributed by atoms with Crippen LogP contribution >= 0.6 is 0 Å². The monoisotopic (exact) mass is 466 g/mol. The minimum atomic E-state index is -0.415. The first kappa shape index (κ1) is 27.5. The summed E-state index contributed by atoms with van der Waals surface area (Å²) in [6.45, 7) is 8.44. The number of carbonyl (C=O) groups is 2. The minimum Gasteiger partial charge on any atom is -0.347 e. The predicted molar refractivity (Wildman–Crippen MR) is 137 cm³/mol. The summed E-state index contributed by atoms with van der Waals surface area (Å²) in [6, 6.07) is 6.82. The molecule has 0 aromatic carbocycles. The predicted octanol–water partition coefficient (Wildman–Crippen LogP) is 5.92. The molecule has 0 aliphatic carbocycles. The Morgan fingerprint density at radius 2 is 0.912 bits per heavy atom. The van der Waals surface area contributed by atoms with E-state index in [1.165, 1.54) is 0 Å². The van der Waals surface area contributed by atoms with Gasteiger partial charge in [-0.05, 0) is 61.1 Å². The maximum Gasteiger partial charge on any atom is 0.223 e. The number of hydrogen-bond donors (Lipinski definition) is 2. The van der Waals surface area contributed by atoms with Gasteiger partial charge >= 0.3 is 0 Å². The summed E-state index contributed by atoms with van der Waals surface area (Å²) in [4.78, 5) is 35.2. The van der Waals surface area contributed by atoms with E-state index in [0.29, 0.717) is 0 Å². The lowest BCUT2D eigenvalue weighted by atomic mass is 9.90. The van der Waals surface area contributed by atoms with Crippen LogP contribution in [0.3, 0.4) is 0 Å². The Morgan fingerprint density at radius 1 is 0.618 bits per heavy atom. The van der Waals surface area contributed by atoms with Gasteiger partial charge in [0.2, 0.25) is 11.8 Å². The Bertz CT molecular complexity index is 760. The molecule has 0 aliphatic rings. The van der Waals surface area contributed by atoms with E-state index >= 15 is 0 Å². The molecule has 0 aliphatic heterocycles. The summed E-state index contributed by atoms with van der Waals surface area (Å²) in [5, 5.41) is 6.62. The molecule has 0 spiro atoms. The largest absolute Gasteiger partial charge is 0.347 e. The molecule has 0 saturated heterocycles. The molecule has 0 saturated carbocycles. The van der Waals surface area contributed by atoms with Crippen LogP contribution < -0.4 is 10.6 Å². The molecule has 2 amide bonds. The number of hydrogen-bond acceptors (Lipinski definition) is 4. The van der Waals surface area contributed by atoms with Gasteiger partial charge in [0.15, 0.2) is 0 Å². The van der Waals surface area contributed by atoms with Gasteiger partial charge in [0.25, 0.3) is 0 Å². The number of amides is 2. The molecule has 0 bridgehead atoms. The first-order chi connectivity index (χ1) is 16.5. The molecule has 2 N–H and O–H groups in total. The SMILES string of the molecule is CCCC(CCC)C(=O)NC(c1ccncc1)C(NC(=O)C(CCC)CCC)c1ccncc1. The summed E-state index contributed by atoms with van der Waals surface area (Å²) in [5.41, 5.74) is 1.83. The van der Waals surface area contributed by atoms with E-state index in [0.717, 1.165) is 62.5 Å². The molecule has 2 unspecified atom stereocenters. The van der Waals surface area contributed by atoms with E-state index in [9.17, 15) is 9.59 Å². The van der Waals surface area contributed by atoms with Crippen LogP contribution in [0.15, 0.2) is 49.1 Å². The quantitative estimate of drug-likeness (QED) is 0.341. The second kappa shape index (κ2) is 15.2. The summed E-state index contributed by atoms with van der Waals surface area (Å²) in [6.07, 6.45) is 14.1. The van der Waals surface area contributed by atoms with Gasteiger partial charge in [-0.3, -0.25) is 19.6 Å². The molecule has 2 aromatic heterocycles. The van der Waals surface area contributed by atoms with Gasteiger partial charge in [-0.25, -0.2) is 0 Å². The van der Waals surface area contributed by atoms with Gasteiger partial charge in [0.1, 0.15) is 0 Å². The normalized spacial score (nSPS) is 13.0. The first-order valence-electron chi connectivity index (χ1n) is 13.0. The molecule has 2 rings (SSSR count). The van der Waals surface area contributed by atoms with Crippen LogP contribution in [0.2, 0.25) is 0 Å². The average molecular weight is 467 g/mol. The minimum absolute atomic E-state index is 0.0393. The molecule has 34 heavy (non-hydrogen) atoms. The standard InChI is InChI=1S/C28H42N4O2/c1-5-9-23(10-6-2)27(33)31-25(21-13-17-29-18-14-21)26(22-15-19-30-20-16-22)32-28(34)24(11-7-3)12-8-4/h13-20,23-26H,5-12H2,1-4H3,(H,31,33)(H,32,34). The Kier molecular flexibility index (Phi) is 12.3. The molecule has 186 valence electrons. The highest BCUT2D eigenvalue weighted by Crippen LogP contribution is 2.31. The maximum atomic E-state index is 13.4. The zero-order chi connectivity index (χ0) is 24.8. The smallest absolute Gasteiger partial charge is 0.223 e. The molecule has 0 fully saturated rings.